The van der Waals surface area contributed by atoms with E-state index >= 15 is 0 Å². The summed E-state index contributed by atoms with van der Waals surface area (Å²) in [4.78, 5) is 17.1. The van der Waals surface area contributed by atoms with Gasteiger partial charge in [0.05, 0.1) is 5.69 Å². The van der Waals surface area contributed by atoms with Crippen LogP contribution < -0.4 is 5.32 Å². The molecule has 0 radical (unpaired) electrons. The van der Waals surface area contributed by atoms with E-state index in [0.29, 0.717) is 5.92 Å². The molecule has 0 unspecified atom stereocenters. The fourth-order valence-corrected chi connectivity index (χ4v) is 4.86. The number of aromatic nitrogens is 1. The van der Waals surface area contributed by atoms with Crippen LogP contribution in [0.25, 0.3) is 11.3 Å². The molecule has 3 atom stereocenters. The van der Waals surface area contributed by atoms with Crippen molar-refractivity contribution in [2.45, 2.75) is 39.0 Å². The molecule has 2 aliphatic carbocycles. The monoisotopic (exact) mass is 326 g/mol. The zero-order valence-corrected chi connectivity index (χ0v) is 14.2. The second-order valence-corrected chi connectivity index (χ2v) is 7.72. The Bertz CT molecular complexity index is 706. The van der Waals surface area contributed by atoms with Gasteiger partial charge in [-0.15, -0.1) is 11.3 Å². The van der Waals surface area contributed by atoms with Gasteiger partial charge in [-0.25, -0.2) is 4.98 Å². The van der Waals surface area contributed by atoms with Crippen molar-refractivity contribution in [3.8, 4) is 11.3 Å². The number of thiazole rings is 1. The summed E-state index contributed by atoms with van der Waals surface area (Å²) in [6.07, 6.45) is 5.93. The third kappa shape index (κ3) is 2.92. The highest BCUT2D eigenvalue weighted by Gasteiger charge is 2.43. The molecule has 0 spiro atoms. The Morgan fingerprint density at radius 2 is 2.09 bits per heavy atom. The van der Waals surface area contributed by atoms with Gasteiger partial charge < -0.3 is 5.32 Å². The SMILES string of the molecule is CCc1ccc(-c2csc(NC(=O)[C@@H]3C[C@@H]4CC[C@@H]3C4)n2)cc1. The summed E-state index contributed by atoms with van der Waals surface area (Å²) in [6, 6.07) is 8.50. The fraction of sp³-hybridized carbons (Fsp3) is 0.474. The first kappa shape index (κ1) is 14.9. The quantitative estimate of drug-likeness (QED) is 0.881. The third-order valence-corrected chi connectivity index (χ3v) is 6.22. The van der Waals surface area contributed by atoms with Gasteiger partial charge >= 0.3 is 0 Å². The van der Waals surface area contributed by atoms with Crippen molar-refractivity contribution in [3.63, 3.8) is 0 Å². The van der Waals surface area contributed by atoms with Crippen molar-refractivity contribution < 1.29 is 4.79 Å². The number of hydrogen-bond acceptors (Lipinski definition) is 3. The molecule has 2 fully saturated rings. The third-order valence-electron chi connectivity index (χ3n) is 5.47. The van der Waals surface area contributed by atoms with Gasteiger partial charge in [-0.2, -0.15) is 0 Å². The lowest BCUT2D eigenvalue weighted by Gasteiger charge is -2.19. The summed E-state index contributed by atoms with van der Waals surface area (Å²) >= 11 is 1.52. The minimum atomic E-state index is 0.180. The van der Waals surface area contributed by atoms with E-state index in [1.807, 2.05) is 5.38 Å². The molecule has 0 aliphatic heterocycles. The van der Waals surface area contributed by atoms with E-state index < -0.39 is 0 Å². The summed E-state index contributed by atoms with van der Waals surface area (Å²) in [6.45, 7) is 2.15. The number of nitrogens with zero attached hydrogens (tertiary/aromatic N) is 1. The molecule has 3 nitrogen and oxygen atoms in total. The van der Waals surface area contributed by atoms with Gasteiger partial charge in [0.2, 0.25) is 5.91 Å². The maximum absolute atomic E-state index is 12.5. The molecule has 23 heavy (non-hydrogen) atoms. The van der Waals surface area contributed by atoms with Crippen LogP contribution in [0.15, 0.2) is 29.6 Å². The average molecular weight is 326 g/mol. The Morgan fingerprint density at radius 1 is 1.26 bits per heavy atom. The highest BCUT2D eigenvalue weighted by molar-refractivity contribution is 7.14. The van der Waals surface area contributed by atoms with Crippen molar-refractivity contribution in [1.82, 2.24) is 4.98 Å². The van der Waals surface area contributed by atoms with Crippen LogP contribution >= 0.6 is 11.3 Å². The molecular weight excluding hydrogens is 304 g/mol. The van der Waals surface area contributed by atoms with Crippen molar-refractivity contribution in [3.05, 3.63) is 35.2 Å². The number of anilines is 1. The number of benzene rings is 1. The summed E-state index contributed by atoms with van der Waals surface area (Å²) in [5, 5.41) is 5.80. The normalized spacial score (nSPS) is 25.7. The summed E-state index contributed by atoms with van der Waals surface area (Å²) < 4.78 is 0. The van der Waals surface area contributed by atoms with Crippen LogP contribution in [0.1, 0.15) is 38.2 Å². The van der Waals surface area contributed by atoms with Crippen molar-refractivity contribution in [2.75, 3.05) is 5.32 Å². The van der Waals surface area contributed by atoms with Crippen molar-refractivity contribution >= 4 is 22.4 Å². The fourth-order valence-electron chi connectivity index (χ4n) is 4.14. The molecule has 120 valence electrons. The van der Waals surface area contributed by atoms with Crippen LogP contribution in [0.2, 0.25) is 0 Å². The van der Waals surface area contributed by atoms with Gasteiger partial charge in [0, 0.05) is 16.9 Å². The number of hydrogen-bond donors (Lipinski definition) is 1. The molecule has 1 heterocycles. The Kier molecular flexibility index (Phi) is 3.93. The van der Waals surface area contributed by atoms with Gasteiger partial charge in [-0.3, -0.25) is 4.79 Å². The zero-order valence-electron chi connectivity index (χ0n) is 13.4. The van der Waals surface area contributed by atoms with E-state index in [-0.39, 0.29) is 11.8 Å². The molecule has 4 heteroatoms. The Balaban J connectivity index is 1.44. The Hall–Kier alpha value is -1.68. The number of fused-ring (bicyclic) bond motifs is 2. The topological polar surface area (TPSA) is 42.0 Å². The largest absolute Gasteiger partial charge is 0.302 e. The number of carbonyl (C=O) groups excluding carboxylic acids is 1. The molecule has 0 saturated heterocycles. The number of nitrogens with one attached hydrogen (secondary N) is 1. The zero-order chi connectivity index (χ0) is 15.8. The number of rotatable bonds is 4. The first-order valence-electron chi connectivity index (χ1n) is 8.58. The molecule has 1 aromatic carbocycles. The number of amides is 1. The smallest absolute Gasteiger partial charge is 0.229 e. The summed E-state index contributed by atoms with van der Waals surface area (Å²) in [5.41, 5.74) is 3.38. The van der Waals surface area contributed by atoms with Gasteiger partial charge in [0.15, 0.2) is 5.13 Å². The Labute approximate surface area is 141 Å². The van der Waals surface area contributed by atoms with E-state index in [9.17, 15) is 4.79 Å². The van der Waals surface area contributed by atoms with E-state index in [1.165, 1.54) is 36.2 Å². The maximum atomic E-state index is 12.5. The standard InChI is InChI=1S/C19H22N2OS/c1-2-12-3-6-14(7-4-12)17-11-23-19(20-17)21-18(22)16-10-13-5-8-15(16)9-13/h3-4,6-7,11,13,15-16H,2,5,8-10H2,1H3,(H,20,21,22)/t13-,15-,16-/m1/s1. The van der Waals surface area contributed by atoms with Crippen molar-refractivity contribution in [1.29, 1.82) is 0 Å². The second kappa shape index (κ2) is 6.08. The van der Waals surface area contributed by atoms with E-state index in [4.69, 9.17) is 0 Å². The maximum Gasteiger partial charge on any atom is 0.229 e. The van der Waals surface area contributed by atoms with Crippen LogP contribution in [0, 0.1) is 17.8 Å². The molecule has 1 N–H and O–H groups in total. The average Bonchev–Trinajstić information content (AvgIpc) is 3.31. The Morgan fingerprint density at radius 3 is 2.74 bits per heavy atom. The van der Waals surface area contributed by atoms with E-state index in [0.717, 1.165) is 35.1 Å². The van der Waals surface area contributed by atoms with Crippen LogP contribution in [-0.4, -0.2) is 10.9 Å². The van der Waals surface area contributed by atoms with E-state index in [1.54, 1.807) is 0 Å². The second-order valence-electron chi connectivity index (χ2n) is 6.86. The lowest BCUT2D eigenvalue weighted by molar-refractivity contribution is -0.121. The molecular formula is C19H22N2OS. The molecule has 1 aromatic heterocycles. The van der Waals surface area contributed by atoms with Crippen molar-refractivity contribution in [2.24, 2.45) is 17.8 Å². The predicted octanol–water partition coefficient (Wildman–Crippen LogP) is 4.75. The van der Waals surface area contributed by atoms with Gasteiger partial charge in [0.1, 0.15) is 0 Å². The molecule has 2 saturated carbocycles. The first-order chi connectivity index (χ1) is 11.2. The molecule has 2 bridgehead atoms. The molecule has 4 rings (SSSR count). The molecule has 1 amide bonds. The minimum Gasteiger partial charge on any atom is -0.302 e. The van der Waals surface area contributed by atoms with E-state index in [2.05, 4.69) is 41.5 Å². The predicted molar refractivity (Wildman–Crippen MR) is 94.5 cm³/mol. The van der Waals surface area contributed by atoms with Gasteiger partial charge in [-0.05, 0) is 43.1 Å². The summed E-state index contributed by atoms with van der Waals surface area (Å²) in [7, 11) is 0. The number of carbonyl (C=O) groups is 1. The molecule has 2 aliphatic rings. The number of aryl methyl sites for hydroxylation is 1. The lowest BCUT2D eigenvalue weighted by Crippen LogP contribution is -2.27. The van der Waals surface area contributed by atoms with Gasteiger partial charge in [-0.1, -0.05) is 37.6 Å². The molecule has 2 aromatic rings. The van der Waals surface area contributed by atoms with Crippen LogP contribution in [-0.2, 0) is 11.2 Å². The van der Waals surface area contributed by atoms with Gasteiger partial charge in [0.25, 0.3) is 0 Å². The van der Waals surface area contributed by atoms with Crippen LogP contribution in [0.3, 0.4) is 0 Å². The van der Waals surface area contributed by atoms with Crippen LogP contribution in [0.4, 0.5) is 5.13 Å². The first-order valence-corrected chi connectivity index (χ1v) is 9.46. The summed E-state index contributed by atoms with van der Waals surface area (Å²) in [5.74, 6) is 1.80. The highest BCUT2D eigenvalue weighted by atomic mass is 32.1. The lowest BCUT2D eigenvalue weighted by atomic mass is 9.88. The minimum absolute atomic E-state index is 0.180. The highest BCUT2D eigenvalue weighted by Crippen LogP contribution is 2.48. The van der Waals surface area contributed by atoms with Crippen LogP contribution in [0.5, 0.6) is 0 Å².